The van der Waals surface area contributed by atoms with Crippen LogP contribution < -0.4 is 0 Å². The molecule has 0 saturated carbocycles. The van der Waals surface area contributed by atoms with Crippen molar-refractivity contribution < 1.29 is 5.11 Å². The molecule has 0 amide bonds. The summed E-state index contributed by atoms with van der Waals surface area (Å²) in [5.74, 6) is 2.43. The maximum absolute atomic E-state index is 10.1. The van der Waals surface area contributed by atoms with Crippen molar-refractivity contribution in [1.82, 2.24) is 15.0 Å². The Balaban J connectivity index is 1.66. The van der Waals surface area contributed by atoms with E-state index in [1.165, 1.54) is 0 Å². The maximum Gasteiger partial charge on any atom is 0.137 e. The summed E-state index contributed by atoms with van der Waals surface area (Å²) < 4.78 is 0. The molecule has 138 valence electrons. The molecule has 0 unspecified atom stereocenters. The molecular formula is C24H21N3O. The van der Waals surface area contributed by atoms with Crippen LogP contribution >= 0.6 is 0 Å². The molecule has 0 aliphatic rings. The molecule has 0 atom stereocenters. The zero-order chi connectivity index (χ0) is 19.2. The average Bonchev–Trinajstić information content (AvgIpc) is 2.71. The van der Waals surface area contributed by atoms with Crippen LogP contribution in [-0.2, 0) is 19.3 Å². The lowest BCUT2D eigenvalue weighted by Gasteiger charge is -2.09. The van der Waals surface area contributed by atoms with Crippen molar-refractivity contribution >= 4 is 0 Å². The number of hydrogen-bond acceptors (Lipinski definition) is 4. The van der Waals surface area contributed by atoms with Crippen molar-refractivity contribution in [3.8, 4) is 5.75 Å². The highest BCUT2D eigenvalue weighted by Crippen LogP contribution is 2.19. The first kappa shape index (κ1) is 17.9. The van der Waals surface area contributed by atoms with Gasteiger partial charge in [0.1, 0.15) is 23.2 Å². The quantitative estimate of drug-likeness (QED) is 0.550. The van der Waals surface area contributed by atoms with E-state index in [4.69, 9.17) is 4.98 Å². The van der Waals surface area contributed by atoms with E-state index in [9.17, 15) is 5.11 Å². The van der Waals surface area contributed by atoms with Gasteiger partial charge in [0.05, 0.1) is 0 Å². The Morgan fingerprint density at radius 1 is 0.500 bits per heavy atom. The molecule has 4 aromatic rings. The van der Waals surface area contributed by atoms with Crippen molar-refractivity contribution in [3.05, 3.63) is 119 Å². The summed E-state index contributed by atoms with van der Waals surface area (Å²) in [7, 11) is 0. The predicted octanol–water partition coefficient (Wildman–Crippen LogP) is 4.35. The molecule has 1 aromatic heterocycles. The van der Waals surface area contributed by atoms with Crippen LogP contribution in [-0.4, -0.2) is 20.1 Å². The van der Waals surface area contributed by atoms with Gasteiger partial charge in [0.2, 0.25) is 0 Å². The van der Waals surface area contributed by atoms with Gasteiger partial charge in [-0.3, -0.25) is 0 Å². The summed E-state index contributed by atoms with van der Waals surface area (Å²) >= 11 is 0. The summed E-state index contributed by atoms with van der Waals surface area (Å²) in [6.07, 6.45) is 1.77. The summed E-state index contributed by atoms with van der Waals surface area (Å²) in [4.78, 5) is 14.1. The molecule has 0 aliphatic carbocycles. The molecule has 0 spiro atoms. The van der Waals surface area contributed by atoms with Gasteiger partial charge in [-0.05, 0) is 17.2 Å². The van der Waals surface area contributed by atoms with E-state index in [2.05, 4.69) is 34.2 Å². The predicted molar refractivity (Wildman–Crippen MR) is 109 cm³/mol. The van der Waals surface area contributed by atoms with Gasteiger partial charge in [-0.1, -0.05) is 78.9 Å². The third-order valence-electron chi connectivity index (χ3n) is 4.52. The zero-order valence-electron chi connectivity index (χ0n) is 15.5. The fourth-order valence-corrected chi connectivity index (χ4v) is 3.15. The van der Waals surface area contributed by atoms with Crippen molar-refractivity contribution in [3.63, 3.8) is 0 Å². The second-order valence-electron chi connectivity index (χ2n) is 6.71. The number of aromatic hydroxyl groups is 1. The van der Waals surface area contributed by atoms with Crippen molar-refractivity contribution in [2.75, 3.05) is 0 Å². The number of aromatic nitrogens is 3. The van der Waals surface area contributed by atoms with Crippen molar-refractivity contribution in [2.45, 2.75) is 19.3 Å². The molecular weight excluding hydrogens is 346 g/mol. The average molecular weight is 367 g/mol. The van der Waals surface area contributed by atoms with E-state index in [-0.39, 0.29) is 5.75 Å². The van der Waals surface area contributed by atoms with E-state index in [0.717, 1.165) is 28.3 Å². The second-order valence-corrected chi connectivity index (χ2v) is 6.71. The molecule has 4 nitrogen and oxygen atoms in total. The molecule has 0 radical (unpaired) electrons. The SMILES string of the molecule is Oc1ccccc1Cc1nc(Cc2ccccc2)nc(Cc2ccccc2)n1. The van der Waals surface area contributed by atoms with Crippen LogP contribution in [0.2, 0.25) is 0 Å². The number of nitrogens with zero attached hydrogens (tertiary/aromatic N) is 3. The number of rotatable bonds is 6. The zero-order valence-corrected chi connectivity index (χ0v) is 15.5. The van der Waals surface area contributed by atoms with Gasteiger partial charge in [0, 0.05) is 24.8 Å². The molecule has 1 N–H and O–H groups in total. The standard InChI is InChI=1S/C24H21N3O/c28-21-14-8-7-13-20(21)17-24-26-22(15-18-9-3-1-4-10-18)25-23(27-24)16-19-11-5-2-6-12-19/h1-14,28H,15-17H2. The molecule has 28 heavy (non-hydrogen) atoms. The fraction of sp³-hybridized carbons (Fsp3) is 0.125. The monoisotopic (exact) mass is 367 g/mol. The second kappa shape index (κ2) is 8.44. The van der Waals surface area contributed by atoms with Crippen molar-refractivity contribution in [2.24, 2.45) is 0 Å². The van der Waals surface area contributed by atoms with Crippen LogP contribution in [0, 0.1) is 0 Å². The van der Waals surface area contributed by atoms with Gasteiger partial charge >= 0.3 is 0 Å². The smallest absolute Gasteiger partial charge is 0.137 e. The lowest BCUT2D eigenvalue weighted by atomic mass is 10.1. The normalized spacial score (nSPS) is 10.7. The molecule has 1 heterocycles. The first-order chi connectivity index (χ1) is 13.8. The Kier molecular flexibility index (Phi) is 5.38. The summed E-state index contributed by atoms with van der Waals surface area (Å²) in [6.45, 7) is 0. The molecule has 0 aliphatic heterocycles. The minimum absolute atomic E-state index is 0.261. The minimum Gasteiger partial charge on any atom is -0.508 e. The molecule has 4 heteroatoms. The van der Waals surface area contributed by atoms with Gasteiger partial charge in [-0.25, -0.2) is 15.0 Å². The van der Waals surface area contributed by atoms with E-state index < -0.39 is 0 Å². The molecule has 4 rings (SSSR count). The molecule has 0 bridgehead atoms. The van der Waals surface area contributed by atoms with Gasteiger partial charge in [-0.2, -0.15) is 0 Å². The Hall–Kier alpha value is -3.53. The number of para-hydroxylation sites is 1. The lowest BCUT2D eigenvalue weighted by molar-refractivity contribution is 0.469. The first-order valence-electron chi connectivity index (χ1n) is 9.34. The highest BCUT2D eigenvalue weighted by Gasteiger charge is 2.11. The molecule has 0 saturated heterocycles. The van der Waals surface area contributed by atoms with Gasteiger partial charge < -0.3 is 5.11 Å². The van der Waals surface area contributed by atoms with Crippen LogP contribution in [0.15, 0.2) is 84.9 Å². The Bertz CT molecular complexity index is 990. The number of phenolic OH excluding ortho intramolecular Hbond substituents is 1. The topological polar surface area (TPSA) is 58.9 Å². The van der Waals surface area contributed by atoms with Crippen LogP contribution in [0.3, 0.4) is 0 Å². The number of benzene rings is 3. The van der Waals surface area contributed by atoms with Gasteiger partial charge in [0.25, 0.3) is 0 Å². The van der Waals surface area contributed by atoms with Crippen LogP contribution in [0.1, 0.15) is 34.2 Å². The van der Waals surface area contributed by atoms with Crippen LogP contribution in [0.4, 0.5) is 0 Å². The number of hydrogen-bond donors (Lipinski definition) is 1. The van der Waals surface area contributed by atoms with Gasteiger partial charge in [-0.15, -0.1) is 0 Å². The Morgan fingerprint density at radius 2 is 0.929 bits per heavy atom. The fourth-order valence-electron chi connectivity index (χ4n) is 3.15. The minimum atomic E-state index is 0.261. The van der Waals surface area contributed by atoms with E-state index >= 15 is 0 Å². The van der Waals surface area contributed by atoms with E-state index in [1.54, 1.807) is 6.07 Å². The third-order valence-corrected chi connectivity index (χ3v) is 4.52. The van der Waals surface area contributed by atoms with Crippen molar-refractivity contribution in [1.29, 1.82) is 0 Å². The van der Waals surface area contributed by atoms with Crippen LogP contribution in [0.5, 0.6) is 5.75 Å². The number of phenols is 1. The Morgan fingerprint density at radius 3 is 1.43 bits per heavy atom. The largest absolute Gasteiger partial charge is 0.508 e. The molecule has 3 aromatic carbocycles. The lowest BCUT2D eigenvalue weighted by Crippen LogP contribution is -2.09. The summed E-state index contributed by atoms with van der Waals surface area (Å²) in [5.41, 5.74) is 3.13. The maximum atomic E-state index is 10.1. The van der Waals surface area contributed by atoms with Gasteiger partial charge in [0.15, 0.2) is 0 Å². The molecule has 0 fully saturated rings. The van der Waals surface area contributed by atoms with E-state index in [1.807, 2.05) is 54.6 Å². The first-order valence-corrected chi connectivity index (χ1v) is 9.34. The highest BCUT2D eigenvalue weighted by molar-refractivity contribution is 5.34. The highest BCUT2D eigenvalue weighted by atomic mass is 16.3. The summed E-state index contributed by atoms with van der Waals surface area (Å²) in [6, 6.07) is 27.7. The van der Waals surface area contributed by atoms with E-state index in [0.29, 0.717) is 25.1 Å². The van der Waals surface area contributed by atoms with Crippen LogP contribution in [0.25, 0.3) is 0 Å². The Labute approximate surface area is 164 Å². The third kappa shape index (κ3) is 4.60. The summed E-state index contributed by atoms with van der Waals surface area (Å²) in [5, 5.41) is 10.1.